The summed E-state index contributed by atoms with van der Waals surface area (Å²) >= 11 is 0. The van der Waals surface area contributed by atoms with Crippen LogP contribution in [0.5, 0.6) is 0 Å². The third-order valence-electron chi connectivity index (χ3n) is 1.73. The smallest absolute Gasteiger partial charge is 0.318 e. The van der Waals surface area contributed by atoms with Gasteiger partial charge in [0.05, 0.1) is 0 Å². The van der Waals surface area contributed by atoms with Crippen molar-refractivity contribution in [2.24, 2.45) is 5.92 Å². The lowest BCUT2D eigenvalue weighted by molar-refractivity contribution is -0.171. The summed E-state index contributed by atoms with van der Waals surface area (Å²) in [6.07, 6.45) is -0.969. The molecule has 15 heavy (non-hydrogen) atoms. The largest absolute Gasteiger partial charge is 0.481 e. The Morgan fingerprint density at radius 1 is 1.07 bits per heavy atom. The quantitative estimate of drug-likeness (QED) is 0.458. The van der Waals surface area contributed by atoms with Crippen LogP contribution < -0.4 is 0 Å². The van der Waals surface area contributed by atoms with Gasteiger partial charge in [0, 0.05) is 19.6 Å². The molecule has 6 heteroatoms. The molecule has 0 aliphatic carbocycles. The van der Waals surface area contributed by atoms with E-state index in [1.807, 2.05) is 0 Å². The van der Waals surface area contributed by atoms with Gasteiger partial charge >= 0.3 is 11.9 Å². The molecule has 0 aliphatic rings. The summed E-state index contributed by atoms with van der Waals surface area (Å²) in [5.74, 6) is -4.26. The summed E-state index contributed by atoms with van der Waals surface area (Å²) in [6, 6.07) is 0. The van der Waals surface area contributed by atoms with E-state index in [9.17, 15) is 9.59 Å². The van der Waals surface area contributed by atoms with Crippen molar-refractivity contribution in [3.05, 3.63) is 0 Å². The zero-order valence-corrected chi connectivity index (χ0v) is 8.80. The molecule has 0 heterocycles. The second kappa shape index (κ2) is 7.19. The maximum Gasteiger partial charge on any atom is 0.318 e. The third-order valence-corrected chi connectivity index (χ3v) is 1.73. The number of carboxylic acids is 2. The van der Waals surface area contributed by atoms with E-state index in [2.05, 4.69) is 0 Å². The van der Waals surface area contributed by atoms with Crippen LogP contribution in [0.1, 0.15) is 20.3 Å². The number of hydrogen-bond donors (Lipinski definition) is 2. The van der Waals surface area contributed by atoms with Crippen LogP contribution in [0.2, 0.25) is 0 Å². The van der Waals surface area contributed by atoms with Gasteiger partial charge in [-0.3, -0.25) is 9.59 Å². The van der Waals surface area contributed by atoms with Crippen LogP contribution in [0.3, 0.4) is 0 Å². The predicted octanol–water partition coefficient (Wildman–Crippen LogP) is 0.561. The second-order valence-electron chi connectivity index (χ2n) is 2.81. The summed E-state index contributed by atoms with van der Waals surface area (Å²) in [5, 5.41) is 17.3. The van der Waals surface area contributed by atoms with E-state index in [-0.39, 0.29) is 6.42 Å². The summed E-state index contributed by atoms with van der Waals surface area (Å²) in [6.45, 7) is 4.14. The first kappa shape index (κ1) is 13.9. The monoisotopic (exact) mass is 220 g/mol. The van der Waals surface area contributed by atoms with Gasteiger partial charge in [0.1, 0.15) is 0 Å². The van der Waals surface area contributed by atoms with Gasteiger partial charge in [0.25, 0.3) is 0 Å². The molecule has 0 atom stereocenters. The number of rotatable bonds is 8. The van der Waals surface area contributed by atoms with Gasteiger partial charge in [0.15, 0.2) is 12.2 Å². The lowest BCUT2D eigenvalue weighted by atomic mass is 10.1. The lowest BCUT2D eigenvalue weighted by Gasteiger charge is -2.18. The maximum absolute atomic E-state index is 10.6. The molecule has 0 saturated carbocycles. The molecule has 0 spiro atoms. The fourth-order valence-electron chi connectivity index (χ4n) is 1.06. The van der Waals surface area contributed by atoms with Crippen molar-refractivity contribution >= 4 is 11.9 Å². The topological polar surface area (TPSA) is 93.1 Å². The van der Waals surface area contributed by atoms with E-state index in [0.29, 0.717) is 13.2 Å². The minimum absolute atomic E-state index is 0.188. The molecule has 0 fully saturated rings. The van der Waals surface area contributed by atoms with Crippen molar-refractivity contribution in [2.75, 3.05) is 13.2 Å². The Morgan fingerprint density at radius 2 is 1.47 bits per heavy atom. The molecule has 0 aromatic rings. The van der Waals surface area contributed by atoms with Gasteiger partial charge in [-0.15, -0.1) is 0 Å². The van der Waals surface area contributed by atoms with E-state index in [1.165, 1.54) is 0 Å². The van der Waals surface area contributed by atoms with Crippen molar-refractivity contribution in [3.63, 3.8) is 0 Å². The molecule has 0 aliphatic heterocycles. The Labute approximate surface area is 87.8 Å². The zero-order valence-electron chi connectivity index (χ0n) is 8.80. The zero-order chi connectivity index (χ0) is 11.8. The molecular weight excluding hydrogens is 204 g/mol. The molecule has 0 aromatic heterocycles. The molecule has 0 unspecified atom stereocenters. The van der Waals surface area contributed by atoms with Crippen LogP contribution in [0.4, 0.5) is 0 Å². The highest BCUT2D eigenvalue weighted by Crippen LogP contribution is 2.12. The van der Waals surface area contributed by atoms with Gasteiger partial charge in [-0.05, 0) is 13.8 Å². The molecule has 0 aromatic carbocycles. The molecule has 2 N–H and O–H groups in total. The number of hydrogen-bond acceptors (Lipinski definition) is 4. The van der Waals surface area contributed by atoms with Crippen LogP contribution in [0, 0.1) is 5.92 Å². The fourth-order valence-corrected chi connectivity index (χ4v) is 1.06. The molecule has 6 nitrogen and oxygen atoms in total. The van der Waals surface area contributed by atoms with E-state index < -0.39 is 24.1 Å². The fraction of sp³-hybridized carbons (Fsp3) is 0.778. The highest BCUT2D eigenvalue weighted by molar-refractivity contribution is 5.92. The van der Waals surface area contributed by atoms with Gasteiger partial charge in [0.2, 0.25) is 0 Å². The van der Waals surface area contributed by atoms with Crippen molar-refractivity contribution < 1.29 is 29.3 Å². The van der Waals surface area contributed by atoms with Gasteiger partial charge < -0.3 is 19.7 Å². The van der Waals surface area contributed by atoms with Crippen molar-refractivity contribution in [1.82, 2.24) is 0 Å². The summed E-state index contributed by atoms with van der Waals surface area (Å²) in [5.41, 5.74) is 0. The molecule has 0 amide bonds. The SMILES string of the molecule is CCOC(CC(C(=O)O)C(=O)O)OCC. The van der Waals surface area contributed by atoms with Crippen LogP contribution in [-0.4, -0.2) is 41.7 Å². The Hall–Kier alpha value is -1.14. The maximum atomic E-state index is 10.6. The summed E-state index contributed by atoms with van der Waals surface area (Å²) in [4.78, 5) is 21.2. The van der Waals surface area contributed by atoms with Gasteiger partial charge in [-0.25, -0.2) is 0 Å². The minimum Gasteiger partial charge on any atom is -0.481 e. The molecular formula is C9H16O6. The Bertz CT molecular complexity index is 195. The second-order valence-corrected chi connectivity index (χ2v) is 2.81. The van der Waals surface area contributed by atoms with E-state index in [0.717, 1.165) is 0 Å². The highest BCUT2D eigenvalue weighted by Gasteiger charge is 2.29. The summed E-state index contributed by atoms with van der Waals surface area (Å²) < 4.78 is 10.1. The first-order valence-electron chi connectivity index (χ1n) is 4.71. The van der Waals surface area contributed by atoms with E-state index in [4.69, 9.17) is 19.7 Å². The third kappa shape index (κ3) is 5.34. The van der Waals surface area contributed by atoms with Crippen molar-refractivity contribution in [1.29, 1.82) is 0 Å². The minimum atomic E-state index is -1.49. The van der Waals surface area contributed by atoms with Gasteiger partial charge in [-0.1, -0.05) is 0 Å². The average Bonchev–Trinajstić information content (AvgIpc) is 2.13. The average molecular weight is 220 g/mol. The molecule has 88 valence electrons. The van der Waals surface area contributed by atoms with Crippen molar-refractivity contribution in [2.45, 2.75) is 26.6 Å². The molecule has 0 radical (unpaired) electrons. The standard InChI is InChI=1S/C9H16O6/c1-3-14-7(15-4-2)5-6(8(10)11)9(12)13/h6-7H,3-5H2,1-2H3,(H,10,11)(H,12,13). The molecule has 0 bridgehead atoms. The first-order valence-corrected chi connectivity index (χ1v) is 4.71. The van der Waals surface area contributed by atoms with Crippen LogP contribution in [0.25, 0.3) is 0 Å². The van der Waals surface area contributed by atoms with Gasteiger partial charge in [-0.2, -0.15) is 0 Å². The van der Waals surface area contributed by atoms with Crippen LogP contribution in [-0.2, 0) is 19.1 Å². The van der Waals surface area contributed by atoms with Crippen molar-refractivity contribution in [3.8, 4) is 0 Å². The molecule has 0 saturated heterocycles. The highest BCUT2D eigenvalue weighted by atomic mass is 16.7. The lowest BCUT2D eigenvalue weighted by Crippen LogP contribution is -2.30. The van der Waals surface area contributed by atoms with E-state index >= 15 is 0 Å². The number of ether oxygens (including phenoxy) is 2. The first-order chi connectivity index (χ1) is 7.02. The van der Waals surface area contributed by atoms with E-state index in [1.54, 1.807) is 13.8 Å². The van der Waals surface area contributed by atoms with Crippen LogP contribution in [0.15, 0.2) is 0 Å². The van der Waals surface area contributed by atoms with Crippen LogP contribution >= 0.6 is 0 Å². The Morgan fingerprint density at radius 3 is 1.73 bits per heavy atom. The Kier molecular flexibility index (Phi) is 6.64. The predicted molar refractivity (Wildman–Crippen MR) is 50.4 cm³/mol. The Balaban J connectivity index is 4.32. The number of carboxylic acid groups (broad SMARTS) is 2. The normalized spacial score (nSPS) is 10.9. The number of aliphatic carboxylic acids is 2. The number of carbonyl (C=O) groups is 2. The molecule has 0 rings (SSSR count). The summed E-state index contributed by atoms with van der Waals surface area (Å²) in [7, 11) is 0.